The van der Waals surface area contributed by atoms with E-state index in [1.54, 1.807) is 16.8 Å². The SMILES string of the molecule is C#CCOC[C@H](O)CN(Cc1c(C)nn(-c2ccccc2)c1Oc1ccc(F)cc1)C[C@H]1CCCO1. The number of para-hydroxylation sites is 1. The minimum atomic E-state index is -0.717. The zero-order chi connectivity index (χ0) is 25.3. The van der Waals surface area contributed by atoms with E-state index in [0.29, 0.717) is 31.3 Å². The highest BCUT2D eigenvalue weighted by atomic mass is 19.1. The summed E-state index contributed by atoms with van der Waals surface area (Å²) in [7, 11) is 0. The van der Waals surface area contributed by atoms with E-state index in [9.17, 15) is 9.50 Å². The minimum absolute atomic E-state index is 0.0924. The second kappa shape index (κ2) is 12.7. The maximum atomic E-state index is 13.5. The molecular weight excluding hydrogens is 461 g/mol. The Kier molecular flexibility index (Phi) is 9.09. The molecule has 0 saturated carbocycles. The zero-order valence-electron chi connectivity index (χ0n) is 20.5. The molecule has 1 aliphatic rings. The van der Waals surface area contributed by atoms with Crippen LogP contribution in [0.15, 0.2) is 54.6 Å². The van der Waals surface area contributed by atoms with Crippen molar-refractivity contribution in [3.8, 4) is 29.7 Å². The van der Waals surface area contributed by atoms with Crippen molar-refractivity contribution in [2.75, 3.05) is 32.9 Å². The first-order valence-corrected chi connectivity index (χ1v) is 12.1. The third-order valence-electron chi connectivity index (χ3n) is 6.00. The van der Waals surface area contributed by atoms with Crippen LogP contribution in [0.25, 0.3) is 5.69 Å². The zero-order valence-corrected chi connectivity index (χ0v) is 20.5. The average Bonchev–Trinajstić information content (AvgIpc) is 3.49. The molecule has 0 bridgehead atoms. The van der Waals surface area contributed by atoms with E-state index in [0.717, 1.165) is 36.4 Å². The lowest BCUT2D eigenvalue weighted by atomic mass is 10.1. The number of terminal acetylenes is 1. The van der Waals surface area contributed by atoms with Crippen LogP contribution in [-0.4, -0.2) is 64.9 Å². The number of aryl methyl sites for hydroxylation is 1. The van der Waals surface area contributed by atoms with Gasteiger partial charge in [0, 0.05) is 26.2 Å². The molecule has 7 nitrogen and oxygen atoms in total. The fraction of sp³-hybridized carbons (Fsp3) is 0.393. The lowest BCUT2D eigenvalue weighted by molar-refractivity contribution is 0.00935. The molecule has 1 N–H and O–H groups in total. The van der Waals surface area contributed by atoms with Crippen LogP contribution in [0.5, 0.6) is 11.6 Å². The Morgan fingerprint density at radius 1 is 1.25 bits per heavy atom. The van der Waals surface area contributed by atoms with Crippen LogP contribution in [-0.2, 0) is 16.0 Å². The fourth-order valence-electron chi connectivity index (χ4n) is 4.29. The molecule has 190 valence electrons. The van der Waals surface area contributed by atoms with Crippen LogP contribution in [0.2, 0.25) is 0 Å². The van der Waals surface area contributed by atoms with Crippen LogP contribution in [0.3, 0.4) is 0 Å². The van der Waals surface area contributed by atoms with Crippen molar-refractivity contribution >= 4 is 0 Å². The van der Waals surface area contributed by atoms with Crippen molar-refractivity contribution in [3.05, 3.63) is 71.7 Å². The summed E-state index contributed by atoms with van der Waals surface area (Å²) in [6.45, 7) is 4.48. The molecule has 2 heterocycles. The normalized spacial score (nSPS) is 16.2. The molecule has 1 fully saturated rings. The van der Waals surface area contributed by atoms with Crippen molar-refractivity contribution < 1.29 is 23.7 Å². The third kappa shape index (κ3) is 6.93. The van der Waals surface area contributed by atoms with Gasteiger partial charge in [-0.3, -0.25) is 4.90 Å². The lowest BCUT2D eigenvalue weighted by Gasteiger charge is -2.27. The molecule has 0 aliphatic carbocycles. The minimum Gasteiger partial charge on any atom is -0.439 e. The Morgan fingerprint density at radius 2 is 2.03 bits per heavy atom. The summed E-state index contributed by atoms with van der Waals surface area (Å²) in [5, 5.41) is 15.4. The van der Waals surface area contributed by atoms with E-state index in [4.69, 9.17) is 25.7 Å². The molecule has 2 atom stereocenters. The van der Waals surface area contributed by atoms with Crippen molar-refractivity contribution in [1.29, 1.82) is 0 Å². The molecule has 1 aliphatic heterocycles. The molecular formula is C28H32FN3O4. The molecule has 8 heteroatoms. The number of benzene rings is 2. The first-order valence-electron chi connectivity index (χ1n) is 12.1. The highest BCUT2D eigenvalue weighted by Gasteiger charge is 2.26. The van der Waals surface area contributed by atoms with Crippen LogP contribution >= 0.6 is 0 Å². The van der Waals surface area contributed by atoms with Crippen molar-refractivity contribution in [2.45, 2.75) is 38.5 Å². The van der Waals surface area contributed by atoms with Gasteiger partial charge in [-0.2, -0.15) is 5.10 Å². The van der Waals surface area contributed by atoms with Crippen LogP contribution < -0.4 is 4.74 Å². The number of ether oxygens (including phenoxy) is 3. The molecule has 1 aromatic heterocycles. The predicted molar refractivity (Wildman–Crippen MR) is 135 cm³/mol. The molecule has 0 spiro atoms. The van der Waals surface area contributed by atoms with Gasteiger partial charge >= 0.3 is 0 Å². The molecule has 36 heavy (non-hydrogen) atoms. The van der Waals surface area contributed by atoms with E-state index in [2.05, 4.69) is 10.8 Å². The molecule has 4 rings (SSSR count). The molecule has 0 radical (unpaired) electrons. The van der Waals surface area contributed by atoms with Crippen molar-refractivity contribution in [3.63, 3.8) is 0 Å². The second-order valence-corrected chi connectivity index (χ2v) is 8.87. The summed E-state index contributed by atoms with van der Waals surface area (Å²) in [6.07, 6.45) is 6.63. The Hall–Kier alpha value is -3.22. The first-order chi connectivity index (χ1) is 17.5. The van der Waals surface area contributed by atoms with E-state index >= 15 is 0 Å². The average molecular weight is 494 g/mol. The molecule has 1 saturated heterocycles. The summed E-state index contributed by atoms with van der Waals surface area (Å²) in [6, 6.07) is 15.6. The molecule has 0 amide bonds. The van der Waals surface area contributed by atoms with Crippen LogP contribution in [0.4, 0.5) is 4.39 Å². The topological polar surface area (TPSA) is 69.0 Å². The van der Waals surface area contributed by atoms with Crippen molar-refractivity contribution in [1.82, 2.24) is 14.7 Å². The number of rotatable bonds is 12. The largest absolute Gasteiger partial charge is 0.439 e. The van der Waals surface area contributed by atoms with Gasteiger partial charge in [-0.05, 0) is 56.2 Å². The van der Waals surface area contributed by atoms with E-state index in [-0.39, 0.29) is 25.1 Å². The standard InChI is InChI=1S/C28H32FN3O4/c1-3-15-34-20-24(33)17-31(18-26-10-7-16-35-26)19-27-21(2)30-32(23-8-5-4-6-9-23)28(27)36-25-13-11-22(29)12-14-25/h1,4-6,8-9,11-14,24,26,33H,7,10,15-20H2,2H3/t24-,26-/m1/s1. The summed E-state index contributed by atoms with van der Waals surface area (Å²) < 4.78 is 32.8. The molecule has 3 aromatic rings. The van der Waals surface area contributed by atoms with Gasteiger partial charge in [-0.15, -0.1) is 6.42 Å². The van der Waals surface area contributed by atoms with Gasteiger partial charge in [0.05, 0.1) is 35.8 Å². The van der Waals surface area contributed by atoms with Crippen molar-refractivity contribution in [2.24, 2.45) is 0 Å². The number of hydrogen-bond acceptors (Lipinski definition) is 6. The number of nitrogens with zero attached hydrogens (tertiary/aromatic N) is 3. The van der Waals surface area contributed by atoms with E-state index in [1.165, 1.54) is 12.1 Å². The van der Waals surface area contributed by atoms with Gasteiger partial charge in [0.25, 0.3) is 0 Å². The van der Waals surface area contributed by atoms with Gasteiger partial charge in [0.15, 0.2) is 0 Å². The maximum absolute atomic E-state index is 13.5. The monoisotopic (exact) mass is 493 g/mol. The number of aliphatic hydroxyl groups is 1. The third-order valence-corrected chi connectivity index (χ3v) is 6.00. The summed E-state index contributed by atoms with van der Waals surface area (Å²) in [5.41, 5.74) is 2.52. The Balaban J connectivity index is 1.63. The lowest BCUT2D eigenvalue weighted by Crippen LogP contribution is -2.39. The van der Waals surface area contributed by atoms with Crippen LogP contribution in [0.1, 0.15) is 24.1 Å². The second-order valence-electron chi connectivity index (χ2n) is 8.87. The number of halogens is 1. The number of aliphatic hydroxyl groups excluding tert-OH is 1. The smallest absolute Gasteiger partial charge is 0.227 e. The van der Waals surface area contributed by atoms with Crippen LogP contribution in [0, 0.1) is 25.1 Å². The number of hydrogen-bond donors (Lipinski definition) is 1. The highest BCUT2D eigenvalue weighted by Crippen LogP contribution is 2.32. The van der Waals surface area contributed by atoms with E-state index < -0.39 is 6.10 Å². The molecule has 0 unspecified atom stereocenters. The maximum Gasteiger partial charge on any atom is 0.227 e. The van der Waals surface area contributed by atoms with Gasteiger partial charge in [-0.25, -0.2) is 9.07 Å². The highest BCUT2D eigenvalue weighted by molar-refractivity contribution is 5.43. The summed E-state index contributed by atoms with van der Waals surface area (Å²) in [4.78, 5) is 2.14. The quantitative estimate of drug-likeness (QED) is 0.303. The Bertz CT molecular complexity index is 1140. The molecule has 2 aromatic carbocycles. The van der Waals surface area contributed by atoms with Gasteiger partial charge in [0.2, 0.25) is 5.88 Å². The Morgan fingerprint density at radius 3 is 2.72 bits per heavy atom. The van der Waals surface area contributed by atoms with Gasteiger partial charge in [-0.1, -0.05) is 24.1 Å². The number of aromatic nitrogens is 2. The summed E-state index contributed by atoms with van der Waals surface area (Å²) in [5.74, 6) is 3.13. The Labute approximate surface area is 211 Å². The van der Waals surface area contributed by atoms with E-state index in [1.807, 2.05) is 37.3 Å². The first kappa shape index (κ1) is 25.9. The predicted octanol–water partition coefficient (Wildman–Crippen LogP) is 4.10. The van der Waals surface area contributed by atoms with Gasteiger partial charge < -0.3 is 19.3 Å². The van der Waals surface area contributed by atoms with Gasteiger partial charge in [0.1, 0.15) is 18.2 Å². The summed E-state index contributed by atoms with van der Waals surface area (Å²) >= 11 is 0. The fourth-order valence-corrected chi connectivity index (χ4v) is 4.29.